The van der Waals surface area contributed by atoms with E-state index in [1.54, 1.807) is 12.1 Å². The zero-order valence-electron chi connectivity index (χ0n) is 21.7. The topological polar surface area (TPSA) is 72.8 Å². The molecule has 1 unspecified atom stereocenters. The third kappa shape index (κ3) is 7.74. The molecule has 0 spiro atoms. The zero-order valence-corrected chi connectivity index (χ0v) is 21.7. The molecule has 1 aromatic carbocycles. The van der Waals surface area contributed by atoms with Gasteiger partial charge in [-0.1, -0.05) is 55.5 Å². The number of fused-ring (bicyclic) bond motifs is 1. The summed E-state index contributed by atoms with van der Waals surface area (Å²) in [5.74, 6) is 12.6. The van der Waals surface area contributed by atoms with Crippen molar-refractivity contribution in [2.24, 2.45) is 23.7 Å². The van der Waals surface area contributed by atoms with Crippen molar-refractivity contribution in [1.29, 1.82) is 0 Å². The van der Waals surface area contributed by atoms with Gasteiger partial charge in [0, 0.05) is 25.2 Å². The smallest absolute Gasteiger partial charge is 0.338 e. The van der Waals surface area contributed by atoms with E-state index >= 15 is 0 Å². The van der Waals surface area contributed by atoms with E-state index in [0.29, 0.717) is 30.2 Å². The predicted octanol–water partition coefficient (Wildman–Crippen LogP) is 5.33. The molecule has 1 N–H and O–H groups in total. The van der Waals surface area contributed by atoms with Crippen LogP contribution in [-0.2, 0) is 14.3 Å². The molecule has 2 aliphatic carbocycles. The standard InChI is InChI=1S/C31H38O5/c1-4-5-7-12-22(2)28(32)18-17-26-27-20-23(13-10-11-16-30(33)35-3)19-25(27)21-29(26)36-31(34)24-14-8-6-9-15-24/h6,8-9,13-15,22,25-29,32H,4,10-12,16,19-21H2,1-3H3/b23-13+/t22-,25-,26+,27-,28?,29+/m0/s1. The zero-order chi connectivity index (χ0) is 25.9. The molecule has 0 amide bonds. The number of carbonyl (C=O) groups is 2. The van der Waals surface area contributed by atoms with E-state index in [0.717, 1.165) is 38.5 Å². The van der Waals surface area contributed by atoms with Crippen LogP contribution >= 0.6 is 0 Å². The highest BCUT2D eigenvalue weighted by atomic mass is 16.5. The Labute approximate surface area is 215 Å². The lowest BCUT2D eigenvalue weighted by atomic mass is 9.90. The number of methoxy groups -OCH3 is 1. The summed E-state index contributed by atoms with van der Waals surface area (Å²) in [4.78, 5) is 24.2. The fourth-order valence-corrected chi connectivity index (χ4v) is 5.16. The molecule has 0 heterocycles. The predicted molar refractivity (Wildman–Crippen MR) is 140 cm³/mol. The molecule has 2 fully saturated rings. The molecular formula is C31H38O5. The third-order valence-corrected chi connectivity index (χ3v) is 7.20. The van der Waals surface area contributed by atoms with Gasteiger partial charge in [-0.3, -0.25) is 4.79 Å². The van der Waals surface area contributed by atoms with Gasteiger partial charge in [0.25, 0.3) is 0 Å². The van der Waals surface area contributed by atoms with Crippen LogP contribution < -0.4 is 0 Å². The molecular weight excluding hydrogens is 452 g/mol. The number of ether oxygens (including phenoxy) is 2. The van der Waals surface area contributed by atoms with E-state index in [2.05, 4.69) is 29.8 Å². The van der Waals surface area contributed by atoms with E-state index in [9.17, 15) is 14.7 Å². The summed E-state index contributed by atoms with van der Waals surface area (Å²) in [6.45, 7) is 3.96. The van der Waals surface area contributed by atoms with Crippen LogP contribution in [0.3, 0.4) is 0 Å². The number of aliphatic hydroxyl groups excluding tert-OH is 1. The second-order valence-corrected chi connectivity index (χ2v) is 9.86. The van der Waals surface area contributed by atoms with Crippen molar-refractivity contribution >= 4 is 11.9 Å². The Morgan fingerprint density at radius 3 is 2.69 bits per heavy atom. The van der Waals surface area contributed by atoms with Crippen LogP contribution in [0.4, 0.5) is 0 Å². The minimum Gasteiger partial charge on any atom is -0.469 e. The van der Waals surface area contributed by atoms with Crippen LogP contribution in [0.25, 0.3) is 0 Å². The summed E-state index contributed by atoms with van der Waals surface area (Å²) in [5, 5.41) is 10.6. The number of allylic oxidation sites excluding steroid dienone is 2. The van der Waals surface area contributed by atoms with Crippen molar-refractivity contribution in [2.75, 3.05) is 7.11 Å². The maximum atomic E-state index is 12.8. The van der Waals surface area contributed by atoms with Crippen molar-refractivity contribution in [1.82, 2.24) is 0 Å². The largest absolute Gasteiger partial charge is 0.469 e. The Morgan fingerprint density at radius 1 is 1.19 bits per heavy atom. The van der Waals surface area contributed by atoms with Crippen LogP contribution in [0, 0.1) is 47.4 Å². The Kier molecular flexibility index (Phi) is 10.6. The lowest BCUT2D eigenvalue weighted by Crippen LogP contribution is -2.25. The molecule has 36 heavy (non-hydrogen) atoms. The highest BCUT2D eigenvalue weighted by Crippen LogP contribution is 2.51. The number of rotatable bonds is 8. The number of esters is 2. The molecule has 6 atom stereocenters. The second kappa shape index (κ2) is 13.9. The SMILES string of the molecule is CCC#CC[C@H](C)C(O)C#C[C@@H]1[C@H]2C/C(=C/CCCC(=O)OC)C[C@H]2C[C@H]1OC(=O)c1ccccc1. The third-order valence-electron chi connectivity index (χ3n) is 7.20. The number of unbranched alkanes of at least 4 members (excludes halogenated alkanes) is 1. The molecule has 1 aromatic rings. The van der Waals surface area contributed by atoms with E-state index < -0.39 is 6.10 Å². The van der Waals surface area contributed by atoms with Gasteiger partial charge in [0.1, 0.15) is 12.2 Å². The summed E-state index contributed by atoms with van der Waals surface area (Å²) in [6, 6.07) is 9.05. The van der Waals surface area contributed by atoms with Gasteiger partial charge in [0.2, 0.25) is 0 Å². The van der Waals surface area contributed by atoms with Gasteiger partial charge in [0.05, 0.1) is 18.6 Å². The normalized spacial score (nSPS) is 25.1. The Hall–Kier alpha value is -3.02. The first kappa shape index (κ1) is 27.6. The average molecular weight is 491 g/mol. The van der Waals surface area contributed by atoms with Gasteiger partial charge in [0.15, 0.2) is 0 Å². The summed E-state index contributed by atoms with van der Waals surface area (Å²) in [7, 11) is 1.41. The maximum absolute atomic E-state index is 12.8. The highest BCUT2D eigenvalue weighted by Gasteiger charge is 2.48. The molecule has 0 aliphatic heterocycles. The van der Waals surface area contributed by atoms with Crippen LogP contribution in [0.1, 0.15) is 75.6 Å². The molecule has 2 aliphatic rings. The molecule has 192 valence electrons. The number of benzene rings is 1. The fourth-order valence-electron chi connectivity index (χ4n) is 5.16. The monoisotopic (exact) mass is 490 g/mol. The number of hydrogen-bond acceptors (Lipinski definition) is 5. The fraction of sp³-hybridized carbons (Fsp3) is 0.548. The second-order valence-electron chi connectivity index (χ2n) is 9.86. The molecule has 5 nitrogen and oxygen atoms in total. The van der Waals surface area contributed by atoms with Gasteiger partial charge in [-0.15, -0.1) is 11.8 Å². The molecule has 0 saturated heterocycles. The van der Waals surface area contributed by atoms with Crippen LogP contribution in [0.15, 0.2) is 42.0 Å². The Bertz CT molecular complexity index is 1040. The molecule has 3 rings (SSSR count). The molecule has 0 radical (unpaired) electrons. The lowest BCUT2D eigenvalue weighted by Gasteiger charge is -2.20. The minimum atomic E-state index is -0.768. The maximum Gasteiger partial charge on any atom is 0.338 e. The first-order valence-electron chi connectivity index (χ1n) is 13.1. The van der Waals surface area contributed by atoms with Crippen molar-refractivity contribution in [3.63, 3.8) is 0 Å². The van der Waals surface area contributed by atoms with E-state index in [1.807, 2.05) is 32.0 Å². The lowest BCUT2D eigenvalue weighted by molar-refractivity contribution is -0.140. The number of aliphatic hydroxyl groups is 1. The summed E-state index contributed by atoms with van der Waals surface area (Å²) in [6.07, 6.45) is 7.30. The summed E-state index contributed by atoms with van der Waals surface area (Å²) in [5.41, 5.74) is 1.92. The van der Waals surface area contributed by atoms with Gasteiger partial charge in [-0.2, -0.15) is 0 Å². The van der Waals surface area contributed by atoms with E-state index in [-0.39, 0.29) is 29.9 Å². The Morgan fingerprint density at radius 2 is 1.97 bits per heavy atom. The number of hydrogen-bond donors (Lipinski definition) is 1. The molecule has 0 bridgehead atoms. The van der Waals surface area contributed by atoms with Crippen molar-refractivity contribution < 1.29 is 24.2 Å². The number of carbonyl (C=O) groups excluding carboxylic acids is 2. The first-order valence-corrected chi connectivity index (χ1v) is 13.1. The Balaban J connectivity index is 1.70. The van der Waals surface area contributed by atoms with Crippen molar-refractivity contribution in [3.05, 3.63) is 47.5 Å². The highest BCUT2D eigenvalue weighted by molar-refractivity contribution is 5.89. The van der Waals surface area contributed by atoms with E-state index in [4.69, 9.17) is 9.47 Å². The van der Waals surface area contributed by atoms with Gasteiger partial charge in [-0.05, 0) is 56.1 Å². The molecule has 5 heteroatoms. The average Bonchev–Trinajstić information content (AvgIpc) is 3.42. The first-order chi connectivity index (χ1) is 17.4. The van der Waals surface area contributed by atoms with Crippen LogP contribution in [0.5, 0.6) is 0 Å². The van der Waals surface area contributed by atoms with Gasteiger partial charge in [-0.25, -0.2) is 4.79 Å². The van der Waals surface area contributed by atoms with Crippen molar-refractivity contribution in [2.45, 2.75) is 77.4 Å². The molecule has 0 aromatic heterocycles. The van der Waals surface area contributed by atoms with Gasteiger partial charge < -0.3 is 14.6 Å². The van der Waals surface area contributed by atoms with Crippen LogP contribution in [-0.4, -0.2) is 36.4 Å². The van der Waals surface area contributed by atoms with Crippen molar-refractivity contribution in [3.8, 4) is 23.7 Å². The summed E-state index contributed by atoms with van der Waals surface area (Å²) >= 11 is 0. The molecule has 2 saturated carbocycles. The summed E-state index contributed by atoms with van der Waals surface area (Å²) < 4.78 is 10.7. The minimum absolute atomic E-state index is 0.0482. The quantitative estimate of drug-likeness (QED) is 0.231. The van der Waals surface area contributed by atoms with Crippen LogP contribution in [0.2, 0.25) is 0 Å². The van der Waals surface area contributed by atoms with Gasteiger partial charge >= 0.3 is 11.9 Å². The van der Waals surface area contributed by atoms with E-state index in [1.165, 1.54) is 12.7 Å².